The Morgan fingerprint density at radius 2 is 1.70 bits per heavy atom. The highest BCUT2D eigenvalue weighted by Crippen LogP contribution is 2.14. The maximum absolute atomic E-state index is 12.2. The summed E-state index contributed by atoms with van der Waals surface area (Å²) >= 11 is 0. The van der Waals surface area contributed by atoms with E-state index in [1.807, 2.05) is 0 Å². The highest BCUT2D eigenvalue weighted by atomic mass is 32.2. The van der Waals surface area contributed by atoms with E-state index in [0.717, 1.165) is 4.57 Å². The van der Waals surface area contributed by atoms with Gasteiger partial charge in [0.05, 0.1) is 15.8 Å². The number of nitrogens with two attached hydrogens (primary N) is 1. The van der Waals surface area contributed by atoms with E-state index >= 15 is 0 Å². The first-order valence-electron chi connectivity index (χ1n) is 6.11. The normalized spacial score (nSPS) is 11.9. The Labute approximate surface area is 115 Å². The molecule has 0 saturated heterocycles. The summed E-state index contributed by atoms with van der Waals surface area (Å²) in [4.78, 5) is 24.2. The number of nitrogens with zero attached hydrogens (tertiary/aromatic N) is 2. The van der Waals surface area contributed by atoms with Crippen molar-refractivity contribution in [3.63, 3.8) is 0 Å². The summed E-state index contributed by atoms with van der Waals surface area (Å²) < 4.78 is 25.2. The van der Waals surface area contributed by atoms with Gasteiger partial charge in [0.2, 0.25) is 10.0 Å². The minimum Gasteiger partial charge on any atom is -0.293 e. The number of hydrogen-bond donors (Lipinski definition) is 1. The number of fused-ring (bicyclic) bond motifs is 1. The van der Waals surface area contributed by atoms with Crippen LogP contribution in [-0.2, 0) is 23.1 Å². The lowest BCUT2D eigenvalue weighted by atomic mass is 10.2. The third-order valence-electron chi connectivity index (χ3n) is 3.16. The molecule has 20 heavy (non-hydrogen) atoms. The first kappa shape index (κ1) is 14.5. The first-order chi connectivity index (χ1) is 9.31. The van der Waals surface area contributed by atoms with E-state index in [0.29, 0.717) is 11.9 Å². The number of rotatable bonds is 3. The second-order valence-corrected chi connectivity index (χ2v) is 5.86. The quantitative estimate of drug-likeness (QED) is 0.850. The van der Waals surface area contributed by atoms with Gasteiger partial charge in [0, 0.05) is 13.1 Å². The second-order valence-electron chi connectivity index (χ2n) is 4.30. The maximum atomic E-state index is 12.2. The molecule has 0 aliphatic carbocycles. The van der Waals surface area contributed by atoms with Crippen molar-refractivity contribution >= 4 is 20.9 Å². The predicted molar refractivity (Wildman–Crippen MR) is 75.2 cm³/mol. The lowest BCUT2D eigenvalue weighted by molar-refractivity contribution is 0.596. The molecule has 2 N–H and O–H groups in total. The first-order valence-corrected chi connectivity index (χ1v) is 7.66. The standard InChI is InChI=1S/C12H15N3O4S/c1-3-14-10-7-8(20(13,18)19)5-6-9(10)11(16)15(4-2)12(14)17/h5-7H,3-4H2,1-2H3,(H2,13,18,19). The lowest BCUT2D eigenvalue weighted by Crippen LogP contribution is -2.39. The van der Waals surface area contributed by atoms with Crippen molar-refractivity contribution in [3.05, 3.63) is 39.0 Å². The Balaban J connectivity index is 3.04. The molecule has 0 aliphatic heterocycles. The molecule has 8 heteroatoms. The predicted octanol–water partition coefficient (Wildman–Crippen LogP) is -0.150. The molecule has 0 radical (unpaired) electrons. The minimum absolute atomic E-state index is 0.125. The van der Waals surface area contributed by atoms with Crippen LogP contribution < -0.4 is 16.4 Å². The molecule has 0 bridgehead atoms. The molecule has 1 aromatic heterocycles. The average Bonchev–Trinajstić information content (AvgIpc) is 2.38. The number of primary sulfonamides is 1. The smallest absolute Gasteiger partial charge is 0.293 e. The van der Waals surface area contributed by atoms with Crippen LogP contribution in [0.2, 0.25) is 0 Å². The van der Waals surface area contributed by atoms with E-state index in [4.69, 9.17) is 5.14 Å². The molecular formula is C12H15N3O4S. The summed E-state index contributed by atoms with van der Waals surface area (Å²) in [6.45, 7) is 4.02. The number of sulfonamides is 1. The summed E-state index contributed by atoms with van der Waals surface area (Å²) in [5, 5.41) is 5.37. The molecule has 0 amide bonds. The molecule has 2 rings (SSSR count). The minimum atomic E-state index is -3.88. The Bertz CT molecular complexity index is 893. The van der Waals surface area contributed by atoms with Crippen molar-refractivity contribution in [1.29, 1.82) is 0 Å². The van der Waals surface area contributed by atoms with Gasteiger partial charge in [-0.15, -0.1) is 0 Å². The van der Waals surface area contributed by atoms with Crippen molar-refractivity contribution in [2.24, 2.45) is 5.14 Å². The van der Waals surface area contributed by atoms with Gasteiger partial charge in [-0.1, -0.05) is 0 Å². The third-order valence-corrected chi connectivity index (χ3v) is 4.07. The van der Waals surface area contributed by atoms with Crippen LogP contribution in [0.1, 0.15) is 13.8 Å². The Morgan fingerprint density at radius 3 is 2.20 bits per heavy atom. The van der Waals surface area contributed by atoms with Crippen LogP contribution in [0, 0.1) is 0 Å². The fraction of sp³-hybridized carbons (Fsp3) is 0.333. The molecule has 0 aliphatic rings. The molecule has 7 nitrogen and oxygen atoms in total. The largest absolute Gasteiger partial charge is 0.331 e. The van der Waals surface area contributed by atoms with Crippen molar-refractivity contribution < 1.29 is 8.42 Å². The zero-order valence-electron chi connectivity index (χ0n) is 11.2. The second kappa shape index (κ2) is 4.88. The molecule has 2 aromatic rings. The molecule has 0 spiro atoms. The SMILES string of the molecule is CCn1c(=O)c2ccc(S(N)(=O)=O)cc2n(CC)c1=O. The van der Waals surface area contributed by atoms with Gasteiger partial charge >= 0.3 is 5.69 Å². The molecule has 1 heterocycles. The van der Waals surface area contributed by atoms with Crippen LogP contribution in [0.25, 0.3) is 10.9 Å². The van der Waals surface area contributed by atoms with Crippen LogP contribution in [-0.4, -0.2) is 17.6 Å². The number of aromatic nitrogens is 2. The summed E-state index contributed by atoms with van der Waals surface area (Å²) in [6.07, 6.45) is 0. The summed E-state index contributed by atoms with van der Waals surface area (Å²) in [5.41, 5.74) is -0.615. The summed E-state index contributed by atoms with van der Waals surface area (Å²) in [7, 11) is -3.88. The van der Waals surface area contributed by atoms with Crippen LogP contribution in [0.15, 0.2) is 32.7 Å². The fourth-order valence-electron chi connectivity index (χ4n) is 2.16. The van der Waals surface area contributed by atoms with Crippen LogP contribution in [0.5, 0.6) is 0 Å². The Hall–Kier alpha value is -1.93. The van der Waals surface area contributed by atoms with Crippen molar-refractivity contribution in [2.45, 2.75) is 31.8 Å². The van der Waals surface area contributed by atoms with Gasteiger partial charge < -0.3 is 0 Å². The van der Waals surface area contributed by atoms with Gasteiger partial charge in [0.25, 0.3) is 5.56 Å². The van der Waals surface area contributed by atoms with Crippen LogP contribution in [0.4, 0.5) is 0 Å². The van der Waals surface area contributed by atoms with Gasteiger partial charge in [-0.05, 0) is 32.0 Å². The highest BCUT2D eigenvalue weighted by Gasteiger charge is 2.15. The fourth-order valence-corrected chi connectivity index (χ4v) is 2.69. The van der Waals surface area contributed by atoms with E-state index in [2.05, 4.69) is 0 Å². The molecule has 1 aromatic carbocycles. The van der Waals surface area contributed by atoms with Crippen molar-refractivity contribution in [1.82, 2.24) is 9.13 Å². The molecule has 0 unspecified atom stereocenters. The molecule has 108 valence electrons. The van der Waals surface area contributed by atoms with E-state index < -0.39 is 21.3 Å². The van der Waals surface area contributed by atoms with E-state index in [1.54, 1.807) is 13.8 Å². The van der Waals surface area contributed by atoms with Gasteiger partial charge in [-0.3, -0.25) is 13.9 Å². The zero-order chi connectivity index (χ0) is 15.1. The molecule has 0 atom stereocenters. The van der Waals surface area contributed by atoms with Crippen LogP contribution in [0.3, 0.4) is 0 Å². The Morgan fingerprint density at radius 1 is 1.10 bits per heavy atom. The van der Waals surface area contributed by atoms with Crippen molar-refractivity contribution in [2.75, 3.05) is 0 Å². The topological polar surface area (TPSA) is 104 Å². The maximum Gasteiger partial charge on any atom is 0.331 e. The van der Waals surface area contributed by atoms with Gasteiger partial charge in [-0.2, -0.15) is 0 Å². The van der Waals surface area contributed by atoms with Gasteiger partial charge in [-0.25, -0.2) is 18.4 Å². The van der Waals surface area contributed by atoms with E-state index in [9.17, 15) is 18.0 Å². The monoisotopic (exact) mass is 297 g/mol. The molecule has 0 fully saturated rings. The van der Waals surface area contributed by atoms with E-state index in [1.165, 1.54) is 22.8 Å². The van der Waals surface area contributed by atoms with Gasteiger partial charge in [0.15, 0.2) is 0 Å². The summed E-state index contributed by atoms with van der Waals surface area (Å²) in [6, 6.07) is 3.91. The molecule has 0 saturated carbocycles. The average molecular weight is 297 g/mol. The third kappa shape index (κ3) is 2.16. The Kier molecular flexibility index (Phi) is 3.53. The molecular weight excluding hydrogens is 282 g/mol. The highest BCUT2D eigenvalue weighted by molar-refractivity contribution is 7.89. The van der Waals surface area contributed by atoms with Gasteiger partial charge in [0.1, 0.15) is 0 Å². The van der Waals surface area contributed by atoms with Crippen molar-refractivity contribution in [3.8, 4) is 0 Å². The van der Waals surface area contributed by atoms with E-state index in [-0.39, 0.29) is 17.0 Å². The number of benzene rings is 1. The number of aryl methyl sites for hydroxylation is 1. The summed E-state index contributed by atoms with van der Waals surface area (Å²) in [5.74, 6) is 0. The number of hydrogen-bond acceptors (Lipinski definition) is 4. The van der Waals surface area contributed by atoms with Crippen LogP contribution >= 0.6 is 0 Å². The zero-order valence-corrected chi connectivity index (χ0v) is 12.0. The lowest BCUT2D eigenvalue weighted by Gasteiger charge is -2.12.